The number of benzene rings is 5. The largest absolute Gasteiger partial charge is 0.381 e. The minimum atomic E-state index is -0.800. The summed E-state index contributed by atoms with van der Waals surface area (Å²) in [5.41, 5.74) is 8.14. The van der Waals surface area contributed by atoms with Gasteiger partial charge >= 0.3 is 0 Å². The Balaban J connectivity index is 1.38. The standard InChI is InChI=1S/C43H37FN4O/c1-49-37-24-27-47(28-25-37)41-23-26-45-40-22-19-32(29-38(40)41)39-30-48(46-42(39)31-17-20-36(44)21-18-31)43(33-11-5-2-6-12-33,34-13-7-3-8-14-34)35-15-9-4-10-16-35/h2-23,26,29-30,37H,24-25,27-28H2,1H3. The van der Waals surface area contributed by atoms with Gasteiger partial charge in [-0.25, -0.2) is 4.39 Å². The molecule has 0 bridgehead atoms. The van der Waals surface area contributed by atoms with Gasteiger partial charge in [-0.2, -0.15) is 5.10 Å². The number of aromatic nitrogens is 3. The van der Waals surface area contributed by atoms with Crippen molar-refractivity contribution in [1.82, 2.24) is 14.8 Å². The molecule has 1 aliphatic rings. The van der Waals surface area contributed by atoms with Crippen LogP contribution < -0.4 is 4.90 Å². The van der Waals surface area contributed by atoms with Gasteiger partial charge < -0.3 is 9.64 Å². The molecule has 1 aliphatic heterocycles. The predicted molar refractivity (Wildman–Crippen MR) is 195 cm³/mol. The number of nitrogens with zero attached hydrogens (tertiary/aromatic N) is 4. The maximum Gasteiger partial charge on any atom is 0.138 e. The van der Waals surface area contributed by atoms with Crippen molar-refractivity contribution in [2.24, 2.45) is 0 Å². The number of fused-ring (bicyclic) bond motifs is 1. The SMILES string of the molecule is COC1CCN(c2ccnc3ccc(-c4cn(C(c5ccccc5)(c5ccccc5)c5ccccc5)nc4-c4ccc(F)cc4)cc23)CC1. The van der Waals surface area contributed by atoms with E-state index in [0.29, 0.717) is 6.10 Å². The molecule has 1 saturated heterocycles. The molecule has 2 aromatic heterocycles. The van der Waals surface area contributed by atoms with E-state index < -0.39 is 5.54 Å². The Hall–Kier alpha value is -5.59. The third-order valence-corrected chi connectivity index (χ3v) is 9.90. The van der Waals surface area contributed by atoms with Crippen LogP contribution in [0, 0.1) is 5.82 Å². The zero-order chi connectivity index (χ0) is 33.2. The van der Waals surface area contributed by atoms with Gasteiger partial charge in [-0.3, -0.25) is 9.67 Å². The second-order valence-electron chi connectivity index (χ2n) is 12.6. The Morgan fingerprint density at radius 3 is 1.84 bits per heavy atom. The van der Waals surface area contributed by atoms with Gasteiger partial charge in [0.2, 0.25) is 0 Å². The Morgan fingerprint density at radius 1 is 0.694 bits per heavy atom. The highest BCUT2D eigenvalue weighted by molar-refractivity contribution is 5.96. The predicted octanol–water partition coefficient (Wildman–Crippen LogP) is 9.36. The molecule has 0 atom stereocenters. The Labute approximate surface area is 286 Å². The molecule has 0 radical (unpaired) electrons. The molecule has 0 unspecified atom stereocenters. The molecule has 8 rings (SSSR count). The third kappa shape index (κ3) is 5.58. The maximum atomic E-state index is 14.3. The summed E-state index contributed by atoms with van der Waals surface area (Å²) in [6.45, 7) is 1.85. The fraction of sp³-hybridized carbons (Fsp3) is 0.163. The van der Waals surface area contributed by atoms with E-state index in [1.807, 2.05) is 36.5 Å². The topological polar surface area (TPSA) is 43.2 Å². The first-order chi connectivity index (χ1) is 24.1. The van der Waals surface area contributed by atoms with Crippen LogP contribution in [-0.4, -0.2) is 41.1 Å². The molecule has 6 heteroatoms. The molecule has 0 amide bonds. The van der Waals surface area contributed by atoms with E-state index in [0.717, 1.165) is 75.9 Å². The van der Waals surface area contributed by atoms with Crippen LogP contribution in [0.5, 0.6) is 0 Å². The number of anilines is 1. The highest BCUT2D eigenvalue weighted by atomic mass is 19.1. The summed E-state index contributed by atoms with van der Waals surface area (Å²) in [4.78, 5) is 7.19. The van der Waals surface area contributed by atoms with Crippen LogP contribution in [0.1, 0.15) is 29.5 Å². The summed E-state index contributed by atoms with van der Waals surface area (Å²) >= 11 is 0. The highest BCUT2D eigenvalue weighted by Crippen LogP contribution is 2.44. The van der Waals surface area contributed by atoms with E-state index >= 15 is 0 Å². The number of piperidine rings is 1. The minimum absolute atomic E-state index is 0.282. The minimum Gasteiger partial charge on any atom is -0.381 e. The second-order valence-corrected chi connectivity index (χ2v) is 12.6. The summed E-state index contributed by atoms with van der Waals surface area (Å²) in [5, 5.41) is 6.54. The summed E-state index contributed by atoms with van der Waals surface area (Å²) in [6, 6.07) is 46.8. The van der Waals surface area contributed by atoms with E-state index in [2.05, 4.69) is 113 Å². The van der Waals surface area contributed by atoms with Crippen molar-refractivity contribution < 1.29 is 9.13 Å². The second kappa shape index (κ2) is 13.1. The number of hydrogen-bond acceptors (Lipinski definition) is 4. The number of ether oxygens (including phenoxy) is 1. The van der Waals surface area contributed by atoms with Crippen LogP contribution in [0.3, 0.4) is 0 Å². The molecule has 242 valence electrons. The van der Waals surface area contributed by atoms with E-state index in [1.54, 1.807) is 7.11 Å². The van der Waals surface area contributed by atoms with Crippen molar-refractivity contribution in [3.05, 3.63) is 174 Å². The van der Waals surface area contributed by atoms with Gasteiger partial charge in [0.1, 0.15) is 17.1 Å². The van der Waals surface area contributed by atoms with Crippen LogP contribution in [0.2, 0.25) is 0 Å². The summed E-state index contributed by atoms with van der Waals surface area (Å²) in [6.07, 6.45) is 6.33. The molecule has 5 aromatic carbocycles. The Bertz CT molecular complexity index is 2080. The monoisotopic (exact) mass is 644 g/mol. The molecule has 0 saturated carbocycles. The van der Waals surface area contributed by atoms with Crippen molar-refractivity contribution in [1.29, 1.82) is 0 Å². The van der Waals surface area contributed by atoms with E-state index in [-0.39, 0.29) is 5.82 Å². The van der Waals surface area contributed by atoms with Gasteiger partial charge in [0.25, 0.3) is 0 Å². The third-order valence-electron chi connectivity index (χ3n) is 9.90. The van der Waals surface area contributed by atoms with Crippen LogP contribution in [0.25, 0.3) is 33.3 Å². The zero-order valence-corrected chi connectivity index (χ0v) is 27.4. The van der Waals surface area contributed by atoms with Crippen LogP contribution in [0.15, 0.2) is 152 Å². The smallest absolute Gasteiger partial charge is 0.138 e. The summed E-state index contributed by atoms with van der Waals surface area (Å²) < 4.78 is 22.0. The number of hydrogen-bond donors (Lipinski definition) is 0. The number of methoxy groups -OCH3 is 1. The molecular weight excluding hydrogens is 607 g/mol. The van der Waals surface area contributed by atoms with Crippen LogP contribution in [-0.2, 0) is 10.3 Å². The quantitative estimate of drug-likeness (QED) is 0.155. The molecule has 3 heterocycles. The van der Waals surface area contributed by atoms with Crippen LogP contribution in [0.4, 0.5) is 10.1 Å². The first-order valence-electron chi connectivity index (χ1n) is 16.8. The van der Waals surface area contributed by atoms with Gasteiger partial charge in [0.15, 0.2) is 0 Å². The van der Waals surface area contributed by atoms with E-state index in [1.165, 1.54) is 17.8 Å². The number of pyridine rings is 1. The van der Waals surface area contributed by atoms with Gasteiger partial charge in [0, 0.05) is 54.8 Å². The van der Waals surface area contributed by atoms with Crippen molar-refractivity contribution in [2.45, 2.75) is 24.5 Å². The van der Waals surface area contributed by atoms with Crippen molar-refractivity contribution in [3.8, 4) is 22.4 Å². The maximum absolute atomic E-state index is 14.3. The lowest BCUT2D eigenvalue weighted by Gasteiger charge is -2.36. The average Bonchev–Trinajstić information content (AvgIpc) is 3.62. The van der Waals surface area contributed by atoms with E-state index in [9.17, 15) is 4.39 Å². The molecule has 0 aliphatic carbocycles. The van der Waals surface area contributed by atoms with Gasteiger partial charge in [-0.1, -0.05) is 97.1 Å². The normalized spacial score (nSPS) is 14.0. The summed E-state index contributed by atoms with van der Waals surface area (Å²) in [5.74, 6) is -0.282. The fourth-order valence-electron chi connectivity index (χ4n) is 7.42. The zero-order valence-electron chi connectivity index (χ0n) is 27.4. The lowest BCUT2D eigenvalue weighted by atomic mass is 9.77. The molecule has 49 heavy (non-hydrogen) atoms. The average molecular weight is 645 g/mol. The lowest BCUT2D eigenvalue weighted by Crippen LogP contribution is -2.38. The molecule has 5 nitrogen and oxygen atoms in total. The van der Waals surface area contributed by atoms with Gasteiger partial charge in [-0.15, -0.1) is 0 Å². The lowest BCUT2D eigenvalue weighted by molar-refractivity contribution is 0.0819. The van der Waals surface area contributed by atoms with E-state index in [4.69, 9.17) is 14.8 Å². The number of rotatable bonds is 8. The molecule has 7 aromatic rings. The van der Waals surface area contributed by atoms with Crippen molar-refractivity contribution in [2.75, 3.05) is 25.1 Å². The first kappa shape index (κ1) is 30.7. The number of halogens is 1. The molecule has 1 fully saturated rings. The fourth-order valence-corrected chi connectivity index (χ4v) is 7.42. The first-order valence-corrected chi connectivity index (χ1v) is 16.8. The van der Waals surface area contributed by atoms with Gasteiger partial charge in [0.05, 0.1) is 11.6 Å². The Kier molecular flexibility index (Phi) is 8.24. The van der Waals surface area contributed by atoms with Crippen LogP contribution >= 0.6 is 0 Å². The van der Waals surface area contributed by atoms with Crippen molar-refractivity contribution >= 4 is 16.6 Å². The molecule has 0 spiro atoms. The van der Waals surface area contributed by atoms with Gasteiger partial charge in [-0.05, 0) is 77.6 Å². The van der Waals surface area contributed by atoms with Crippen molar-refractivity contribution in [3.63, 3.8) is 0 Å². The molecular formula is C43H37FN4O. The highest BCUT2D eigenvalue weighted by Gasteiger charge is 2.40. The summed E-state index contributed by atoms with van der Waals surface area (Å²) in [7, 11) is 1.80. The Morgan fingerprint density at radius 2 is 1.27 bits per heavy atom. The molecule has 0 N–H and O–H groups in total.